The monoisotopic (exact) mass is 432 g/mol. The highest BCUT2D eigenvalue weighted by Crippen LogP contribution is 2.15. The Morgan fingerprint density at radius 1 is 1.04 bits per heavy atom. The first-order valence-corrected chi connectivity index (χ1v) is 9.60. The van der Waals surface area contributed by atoms with Gasteiger partial charge in [0.2, 0.25) is 11.8 Å². The molecule has 1 aromatic rings. The van der Waals surface area contributed by atoms with Crippen molar-refractivity contribution in [3.63, 3.8) is 0 Å². The maximum absolute atomic E-state index is 12.0. The van der Waals surface area contributed by atoms with Crippen molar-refractivity contribution in [3.05, 3.63) is 29.8 Å². The van der Waals surface area contributed by atoms with Gasteiger partial charge in [0.25, 0.3) is 0 Å². The molecule has 0 spiro atoms. The van der Waals surface area contributed by atoms with E-state index in [0.717, 1.165) is 25.3 Å². The molecule has 0 radical (unpaired) electrons. The summed E-state index contributed by atoms with van der Waals surface area (Å²) in [6, 6.07) is 7.32. The molecule has 160 valence electrons. The molecule has 1 heterocycles. The molecule has 0 aliphatic carbocycles. The van der Waals surface area contributed by atoms with Gasteiger partial charge >= 0.3 is 0 Å². The lowest BCUT2D eigenvalue weighted by atomic mass is 10.1. The molecule has 8 heteroatoms. The normalized spacial score (nSPS) is 15.6. The van der Waals surface area contributed by atoms with Crippen LogP contribution in [0.2, 0.25) is 0 Å². The molecule has 1 fully saturated rings. The Kier molecular flexibility index (Phi) is 13.1. The van der Waals surface area contributed by atoms with Crippen LogP contribution in [0.25, 0.3) is 0 Å². The van der Waals surface area contributed by atoms with Gasteiger partial charge in [-0.2, -0.15) is 0 Å². The van der Waals surface area contributed by atoms with E-state index < -0.39 is 6.04 Å². The smallest absolute Gasteiger partial charge is 0.243 e. The number of hydrogen-bond donors (Lipinski definition) is 3. The second kappa shape index (κ2) is 13.8. The lowest BCUT2D eigenvalue weighted by Gasteiger charge is -2.19. The maximum Gasteiger partial charge on any atom is 0.243 e. The van der Waals surface area contributed by atoms with Crippen molar-refractivity contribution in [2.75, 3.05) is 25.0 Å². The first-order valence-electron chi connectivity index (χ1n) is 9.60. The van der Waals surface area contributed by atoms with Crippen LogP contribution in [0.5, 0.6) is 0 Å². The van der Waals surface area contributed by atoms with Crippen LogP contribution in [0.4, 0.5) is 5.69 Å². The van der Waals surface area contributed by atoms with Gasteiger partial charge in [-0.3, -0.25) is 14.5 Å². The van der Waals surface area contributed by atoms with Crippen LogP contribution < -0.4 is 16.4 Å². The average Bonchev–Trinajstić information content (AvgIpc) is 2.89. The fraction of sp³-hybridized carbons (Fsp3) is 0.600. The van der Waals surface area contributed by atoms with Crippen LogP contribution >= 0.6 is 24.8 Å². The second-order valence-corrected chi connectivity index (χ2v) is 7.42. The minimum Gasteiger partial charge on any atom is -0.346 e. The third-order valence-corrected chi connectivity index (χ3v) is 4.79. The van der Waals surface area contributed by atoms with E-state index in [1.54, 1.807) is 0 Å². The third-order valence-electron chi connectivity index (χ3n) is 4.79. The van der Waals surface area contributed by atoms with Crippen molar-refractivity contribution in [1.29, 1.82) is 0 Å². The summed E-state index contributed by atoms with van der Waals surface area (Å²) in [7, 11) is 0. The van der Waals surface area contributed by atoms with Gasteiger partial charge in [0.15, 0.2) is 0 Å². The van der Waals surface area contributed by atoms with Crippen LogP contribution in [0.1, 0.15) is 45.1 Å². The molecule has 0 unspecified atom stereocenters. The van der Waals surface area contributed by atoms with Crippen molar-refractivity contribution in [2.45, 2.75) is 52.1 Å². The molecule has 2 amide bonds. The number of anilines is 1. The Morgan fingerprint density at radius 3 is 2.14 bits per heavy atom. The summed E-state index contributed by atoms with van der Waals surface area (Å²) in [4.78, 5) is 26.2. The first kappa shape index (κ1) is 26.7. The quantitative estimate of drug-likeness (QED) is 0.617. The number of rotatable bonds is 7. The van der Waals surface area contributed by atoms with E-state index in [1.165, 1.54) is 31.2 Å². The van der Waals surface area contributed by atoms with Crippen LogP contribution in [0.15, 0.2) is 24.3 Å². The van der Waals surface area contributed by atoms with E-state index in [-0.39, 0.29) is 49.1 Å². The molecule has 1 aliphatic rings. The minimum atomic E-state index is -0.596. The number of benzene rings is 1. The number of carbonyl (C=O) groups excluding carboxylic acids is 2. The van der Waals surface area contributed by atoms with Gasteiger partial charge in [-0.1, -0.05) is 38.8 Å². The molecule has 1 atom stereocenters. The van der Waals surface area contributed by atoms with E-state index in [2.05, 4.69) is 15.5 Å². The standard InChI is InChI=1S/C20H32N4O2.2ClH/c1-15(2)19(21)20(26)22-13-18(25)23-17-9-7-16(8-10-17)14-24-11-5-3-4-6-12-24;;/h7-10,15,19H,3-6,11-14,21H2,1-2H3,(H,22,26)(H,23,25);2*1H/t19-;;/m0../s1. The highest BCUT2D eigenvalue weighted by atomic mass is 35.5. The van der Waals surface area contributed by atoms with Crippen molar-refractivity contribution in [1.82, 2.24) is 10.2 Å². The van der Waals surface area contributed by atoms with Crippen molar-refractivity contribution < 1.29 is 9.59 Å². The zero-order valence-corrected chi connectivity index (χ0v) is 18.4. The largest absolute Gasteiger partial charge is 0.346 e. The van der Waals surface area contributed by atoms with Crippen molar-refractivity contribution in [3.8, 4) is 0 Å². The third kappa shape index (κ3) is 9.24. The van der Waals surface area contributed by atoms with Gasteiger partial charge in [-0.05, 0) is 49.5 Å². The van der Waals surface area contributed by atoms with Gasteiger partial charge in [0, 0.05) is 12.2 Å². The van der Waals surface area contributed by atoms with Gasteiger partial charge < -0.3 is 16.4 Å². The van der Waals surface area contributed by atoms with E-state index in [9.17, 15) is 9.59 Å². The minimum absolute atomic E-state index is 0. The van der Waals surface area contributed by atoms with Gasteiger partial charge in [0.1, 0.15) is 0 Å². The van der Waals surface area contributed by atoms with E-state index in [4.69, 9.17) is 5.73 Å². The Labute approximate surface area is 180 Å². The average molecular weight is 433 g/mol. The van der Waals surface area contributed by atoms with E-state index in [1.807, 2.05) is 38.1 Å². The van der Waals surface area contributed by atoms with E-state index in [0.29, 0.717) is 0 Å². The Hall–Kier alpha value is -1.34. The van der Waals surface area contributed by atoms with Crippen LogP contribution in [-0.4, -0.2) is 42.4 Å². The number of likely N-dealkylation sites (tertiary alicyclic amines) is 1. The summed E-state index contributed by atoms with van der Waals surface area (Å²) < 4.78 is 0. The van der Waals surface area contributed by atoms with Crippen molar-refractivity contribution >= 4 is 42.3 Å². The summed E-state index contributed by atoms with van der Waals surface area (Å²) in [6.45, 7) is 6.95. The zero-order valence-electron chi connectivity index (χ0n) is 16.8. The molecule has 6 nitrogen and oxygen atoms in total. The van der Waals surface area contributed by atoms with Crippen LogP contribution in [-0.2, 0) is 16.1 Å². The van der Waals surface area contributed by atoms with Gasteiger partial charge in [0.05, 0.1) is 12.6 Å². The molecule has 1 saturated heterocycles. The predicted octanol–water partition coefficient (Wildman–Crippen LogP) is 2.94. The highest BCUT2D eigenvalue weighted by molar-refractivity contribution is 5.95. The lowest BCUT2D eigenvalue weighted by molar-refractivity contribution is -0.125. The number of nitrogens with zero attached hydrogens (tertiary/aromatic N) is 1. The van der Waals surface area contributed by atoms with Crippen molar-refractivity contribution in [2.24, 2.45) is 11.7 Å². The van der Waals surface area contributed by atoms with E-state index >= 15 is 0 Å². The number of halogens is 2. The number of carbonyl (C=O) groups is 2. The zero-order chi connectivity index (χ0) is 18.9. The first-order chi connectivity index (χ1) is 12.5. The topological polar surface area (TPSA) is 87.5 Å². The molecule has 0 saturated carbocycles. The maximum atomic E-state index is 12.0. The Bertz CT molecular complexity index is 588. The second-order valence-electron chi connectivity index (χ2n) is 7.42. The van der Waals surface area contributed by atoms with Crippen LogP contribution in [0.3, 0.4) is 0 Å². The summed E-state index contributed by atoms with van der Waals surface area (Å²) in [5.41, 5.74) is 7.74. The molecule has 1 aliphatic heterocycles. The van der Waals surface area contributed by atoms with Gasteiger partial charge in [-0.15, -0.1) is 24.8 Å². The summed E-state index contributed by atoms with van der Waals surface area (Å²) >= 11 is 0. The SMILES string of the molecule is CC(C)[C@H](N)C(=O)NCC(=O)Nc1ccc(CN2CCCCCC2)cc1.Cl.Cl. The fourth-order valence-electron chi connectivity index (χ4n) is 3.04. The molecular formula is C20H34Cl2N4O2. The summed E-state index contributed by atoms with van der Waals surface area (Å²) in [5, 5.41) is 5.37. The molecule has 2 rings (SSSR count). The summed E-state index contributed by atoms with van der Waals surface area (Å²) in [5.74, 6) is -0.521. The molecule has 1 aromatic carbocycles. The molecular weight excluding hydrogens is 399 g/mol. The predicted molar refractivity (Wildman–Crippen MR) is 119 cm³/mol. The lowest BCUT2D eigenvalue weighted by Crippen LogP contribution is -2.46. The Balaban J connectivity index is 0.00000364. The van der Waals surface area contributed by atoms with Gasteiger partial charge in [-0.25, -0.2) is 0 Å². The fourth-order valence-corrected chi connectivity index (χ4v) is 3.04. The number of nitrogens with two attached hydrogens (primary N) is 1. The molecule has 4 N–H and O–H groups in total. The molecule has 0 aromatic heterocycles. The van der Waals surface area contributed by atoms with Crippen LogP contribution in [0, 0.1) is 5.92 Å². The molecule has 28 heavy (non-hydrogen) atoms. The highest BCUT2D eigenvalue weighted by Gasteiger charge is 2.17. The number of nitrogens with one attached hydrogen (secondary N) is 2. The Morgan fingerprint density at radius 2 is 1.61 bits per heavy atom. The summed E-state index contributed by atoms with van der Waals surface area (Å²) in [6.07, 6.45) is 5.22. The molecule has 0 bridgehead atoms. The number of hydrogen-bond acceptors (Lipinski definition) is 4. The number of amides is 2.